The molecule has 1 unspecified atom stereocenters. The van der Waals surface area contributed by atoms with Gasteiger partial charge in [-0.05, 0) is 37.0 Å². The fourth-order valence-electron chi connectivity index (χ4n) is 2.29. The predicted octanol–water partition coefficient (Wildman–Crippen LogP) is 1.55. The lowest BCUT2D eigenvalue weighted by atomic mass is 10.0. The first-order chi connectivity index (χ1) is 12.0. The Hall–Kier alpha value is -1.68. The molecule has 0 saturated heterocycles. The standard InChI is InChI=1S/C16H23ClN2O6S/c1-10(2)8-14(16(22)23)19-13(15(20)21)6-7-18-26(24,25)12-5-3-4-11(17)9-12/h3-5,9-10,13-14,18-19H,6-8H2,1-2H3,(H,20,21)(H,22,23)/t13?,14-/m0/s1. The van der Waals surface area contributed by atoms with E-state index in [9.17, 15) is 28.2 Å². The summed E-state index contributed by atoms with van der Waals surface area (Å²) in [4.78, 5) is 22.6. The van der Waals surface area contributed by atoms with E-state index in [1.807, 2.05) is 13.8 Å². The molecule has 0 aromatic heterocycles. The van der Waals surface area contributed by atoms with Gasteiger partial charge in [0.1, 0.15) is 12.1 Å². The molecular formula is C16H23ClN2O6S. The van der Waals surface area contributed by atoms with Gasteiger partial charge in [-0.3, -0.25) is 14.9 Å². The highest BCUT2D eigenvalue weighted by atomic mass is 35.5. The zero-order chi connectivity index (χ0) is 19.9. The van der Waals surface area contributed by atoms with E-state index in [2.05, 4.69) is 10.0 Å². The highest BCUT2D eigenvalue weighted by molar-refractivity contribution is 7.89. The number of benzene rings is 1. The summed E-state index contributed by atoms with van der Waals surface area (Å²) < 4.78 is 26.7. The van der Waals surface area contributed by atoms with E-state index >= 15 is 0 Å². The molecule has 4 N–H and O–H groups in total. The van der Waals surface area contributed by atoms with E-state index in [4.69, 9.17) is 11.6 Å². The SMILES string of the molecule is CC(C)C[C@H](NC(CCNS(=O)(=O)c1cccc(Cl)c1)C(=O)O)C(=O)O. The summed E-state index contributed by atoms with van der Waals surface area (Å²) in [5.41, 5.74) is 0. The minimum Gasteiger partial charge on any atom is -0.480 e. The number of nitrogens with one attached hydrogen (secondary N) is 2. The third-order valence-electron chi connectivity index (χ3n) is 3.54. The quantitative estimate of drug-likeness (QED) is 0.438. The van der Waals surface area contributed by atoms with Crippen LogP contribution in [-0.4, -0.2) is 49.2 Å². The van der Waals surface area contributed by atoms with Crippen molar-refractivity contribution >= 4 is 33.6 Å². The minimum absolute atomic E-state index is 0.0342. The zero-order valence-electron chi connectivity index (χ0n) is 14.5. The maximum absolute atomic E-state index is 12.2. The van der Waals surface area contributed by atoms with Crippen LogP contribution in [0.4, 0.5) is 0 Å². The van der Waals surface area contributed by atoms with Crippen LogP contribution in [-0.2, 0) is 19.6 Å². The van der Waals surface area contributed by atoms with Gasteiger partial charge >= 0.3 is 11.9 Å². The molecule has 0 saturated carbocycles. The molecular weight excluding hydrogens is 384 g/mol. The van der Waals surface area contributed by atoms with Crippen LogP contribution >= 0.6 is 11.6 Å². The molecule has 1 aromatic rings. The lowest BCUT2D eigenvalue weighted by Crippen LogP contribution is -2.48. The van der Waals surface area contributed by atoms with Gasteiger partial charge in [0.05, 0.1) is 4.90 Å². The van der Waals surface area contributed by atoms with Crippen molar-refractivity contribution in [3.05, 3.63) is 29.3 Å². The summed E-state index contributed by atoms with van der Waals surface area (Å²) in [7, 11) is -3.84. The predicted molar refractivity (Wildman–Crippen MR) is 96.7 cm³/mol. The van der Waals surface area contributed by atoms with Gasteiger partial charge in [-0.2, -0.15) is 0 Å². The topological polar surface area (TPSA) is 133 Å². The molecule has 0 bridgehead atoms. The fraction of sp³-hybridized carbons (Fsp3) is 0.500. The number of hydrogen-bond donors (Lipinski definition) is 4. The molecule has 1 rings (SSSR count). The maximum atomic E-state index is 12.2. The van der Waals surface area contributed by atoms with Crippen molar-refractivity contribution in [2.45, 2.75) is 43.7 Å². The Balaban J connectivity index is 2.71. The van der Waals surface area contributed by atoms with Crippen molar-refractivity contribution in [2.75, 3.05) is 6.54 Å². The zero-order valence-corrected chi connectivity index (χ0v) is 16.0. The molecule has 8 nitrogen and oxygen atoms in total. The molecule has 26 heavy (non-hydrogen) atoms. The van der Waals surface area contributed by atoms with E-state index in [-0.39, 0.29) is 35.2 Å². The molecule has 0 spiro atoms. The number of aliphatic carboxylic acids is 2. The third-order valence-corrected chi connectivity index (χ3v) is 5.23. The molecule has 0 amide bonds. The molecule has 0 radical (unpaired) electrons. The van der Waals surface area contributed by atoms with Gasteiger partial charge in [-0.15, -0.1) is 0 Å². The van der Waals surface area contributed by atoms with Gasteiger partial charge in [-0.1, -0.05) is 31.5 Å². The molecule has 1 aromatic carbocycles. The summed E-state index contributed by atoms with van der Waals surface area (Å²) in [6, 6.07) is 3.44. The van der Waals surface area contributed by atoms with Crippen LogP contribution in [0.15, 0.2) is 29.2 Å². The number of hydrogen-bond acceptors (Lipinski definition) is 5. The average molecular weight is 407 g/mol. The fourth-order valence-corrected chi connectivity index (χ4v) is 3.64. The van der Waals surface area contributed by atoms with Crippen molar-refractivity contribution in [3.63, 3.8) is 0 Å². The van der Waals surface area contributed by atoms with Gasteiger partial charge in [0.15, 0.2) is 0 Å². The summed E-state index contributed by atoms with van der Waals surface area (Å²) in [6.45, 7) is 3.48. The van der Waals surface area contributed by atoms with E-state index in [1.54, 1.807) is 0 Å². The first-order valence-electron chi connectivity index (χ1n) is 8.00. The second kappa shape index (κ2) is 9.86. The molecule has 0 aliphatic rings. The van der Waals surface area contributed by atoms with Gasteiger partial charge in [0.25, 0.3) is 0 Å². The lowest BCUT2D eigenvalue weighted by molar-refractivity contribution is -0.143. The largest absolute Gasteiger partial charge is 0.480 e. The van der Waals surface area contributed by atoms with Crippen LogP contribution < -0.4 is 10.0 Å². The number of carboxylic acid groups (broad SMARTS) is 2. The average Bonchev–Trinajstić information content (AvgIpc) is 2.52. The Kier molecular flexibility index (Phi) is 8.48. The Bertz CT molecular complexity index is 738. The minimum atomic E-state index is -3.84. The van der Waals surface area contributed by atoms with Gasteiger partial charge in [0.2, 0.25) is 10.0 Å². The van der Waals surface area contributed by atoms with Gasteiger partial charge in [-0.25, -0.2) is 13.1 Å². The highest BCUT2D eigenvalue weighted by Crippen LogP contribution is 2.15. The first kappa shape index (κ1) is 22.4. The first-order valence-corrected chi connectivity index (χ1v) is 9.86. The van der Waals surface area contributed by atoms with Crippen molar-refractivity contribution < 1.29 is 28.2 Å². The van der Waals surface area contributed by atoms with E-state index < -0.39 is 34.0 Å². The van der Waals surface area contributed by atoms with Crippen LogP contribution in [0.25, 0.3) is 0 Å². The number of halogens is 1. The summed E-state index contributed by atoms with van der Waals surface area (Å²) in [5.74, 6) is -2.34. The van der Waals surface area contributed by atoms with E-state index in [0.29, 0.717) is 0 Å². The van der Waals surface area contributed by atoms with Crippen LogP contribution in [0.1, 0.15) is 26.7 Å². The van der Waals surface area contributed by atoms with Crippen LogP contribution in [0.2, 0.25) is 5.02 Å². The van der Waals surface area contributed by atoms with Crippen molar-refractivity contribution in [2.24, 2.45) is 5.92 Å². The number of carboxylic acids is 2. The van der Waals surface area contributed by atoms with E-state index in [1.165, 1.54) is 24.3 Å². The summed E-state index contributed by atoms with van der Waals surface area (Å²) in [5, 5.41) is 21.3. The Morgan fingerprint density at radius 2 is 1.77 bits per heavy atom. The maximum Gasteiger partial charge on any atom is 0.320 e. The summed E-state index contributed by atoms with van der Waals surface area (Å²) in [6.07, 6.45) is 0.143. The smallest absolute Gasteiger partial charge is 0.320 e. The Labute approximate surface area is 157 Å². The monoisotopic (exact) mass is 406 g/mol. The number of sulfonamides is 1. The highest BCUT2D eigenvalue weighted by Gasteiger charge is 2.27. The van der Waals surface area contributed by atoms with Crippen LogP contribution in [0, 0.1) is 5.92 Å². The number of rotatable bonds is 11. The second-order valence-electron chi connectivity index (χ2n) is 6.22. The molecule has 0 fully saturated rings. The molecule has 146 valence electrons. The van der Waals surface area contributed by atoms with Crippen LogP contribution in [0.5, 0.6) is 0 Å². The molecule has 0 aliphatic carbocycles. The molecule has 2 atom stereocenters. The van der Waals surface area contributed by atoms with E-state index in [0.717, 1.165) is 0 Å². The third kappa shape index (κ3) is 7.28. The van der Waals surface area contributed by atoms with Gasteiger partial charge < -0.3 is 10.2 Å². The second-order valence-corrected chi connectivity index (χ2v) is 8.43. The van der Waals surface area contributed by atoms with Crippen molar-refractivity contribution in [1.29, 1.82) is 0 Å². The van der Waals surface area contributed by atoms with Crippen LogP contribution in [0.3, 0.4) is 0 Å². The molecule has 0 aliphatic heterocycles. The number of carbonyl (C=O) groups is 2. The normalized spacial score (nSPS) is 14.2. The molecule has 0 heterocycles. The lowest BCUT2D eigenvalue weighted by Gasteiger charge is -2.21. The van der Waals surface area contributed by atoms with Gasteiger partial charge in [0, 0.05) is 11.6 Å². The van der Waals surface area contributed by atoms with Crippen molar-refractivity contribution in [3.8, 4) is 0 Å². The Morgan fingerprint density at radius 3 is 2.27 bits per heavy atom. The Morgan fingerprint density at radius 1 is 1.15 bits per heavy atom. The van der Waals surface area contributed by atoms with Crippen molar-refractivity contribution in [1.82, 2.24) is 10.0 Å². The molecule has 10 heteroatoms. The summed E-state index contributed by atoms with van der Waals surface area (Å²) >= 11 is 5.77.